The molecule has 0 atom stereocenters. The molecule has 0 saturated carbocycles. The molecule has 1 N–H and O–H groups in total. The molecule has 1 aromatic heterocycles. The van der Waals surface area contributed by atoms with Crippen molar-refractivity contribution >= 4 is 23.4 Å². The first-order valence-corrected chi connectivity index (χ1v) is 10.3. The van der Waals surface area contributed by atoms with Gasteiger partial charge in [-0.3, -0.25) is 4.79 Å². The van der Waals surface area contributed by atoms with Crippen molar-refractivity contribution in [3.63, 3.8) is 0 Å². The molecular weight excluding hydrogens is 420 g/mol. The smallest absolute Gasteiger partial charge is 0.234 e. The molecule has 1 heterocycles. The van der Waals surface area contributed by atoms with Gasteiger partial charge in [-0.1, -0.05) is 17.8 Å². The number of aromatic nitrogens is 3. The lowest BCUT2D eigenvalue weighted by Crippen LogP contribution is -2.15. The zero-order valence-electron chi connectivity index (χ0n) is 17.7. The summed E-state index contributed by atoms with van der Waals surface area (Å²) in [5, 5.41) is 11.7. The van der Waals surface area contributed by atoms with Crippen LogP contribution >= 0.6 is 11.8 Å². The van der Waals surface area contributed by atoms with Crippen molar-refractivity contribution in [3.05, 3.63) is 48.3 Å². The quantitative estimate of drug-likeness (QED) is 0.477. The predicted octanol–water partition coefficient (Wildman–Crippen LogP) is 3.15. The average molecular weight is 445 g/mol. The Morgan fingerprint density at radius 1 is 1.00 bits per heavy atom. The zero-order valence-corrected chi connectivity index (χ0v) is 18.6. The first-order chi connectivity index (χ1) is 15.0. The van der Waals surface area contributed by atoms with Crippen LogP contribution in [0, 0.1) is 0 Å². The fourth-order valence-corrected chi connectivity index (χ4v) is 3.38. The minimum atomic E-state index is -0.189. The minimum Gasteiger partial charge on any atom is -0.497 e. The highest BCUT2D eigenvalue weighted by Crippen LogP contribution is 2.29. The Morgan fingerprint density at radius 3 is 2.48 bits per heavy atom. The van der Waals surface area contributed by atoms with Gasteiger partial charge in [-0.15, -0.1) is 10.2 Å². The van der Waals surface area contributed by atoms with Crippen LogP contribution in [-0.4, -0.2) is 47.8 Å². The summed E-state index contributed by atoms with van der Waals surface area (Å²) in [6.45, 7) is 0.243. The van der Waals surface area contributed by atoms with Crippen LogP contribution in [0.3, 0.4) is 0 Å². The molecule has 0 radical (unpaired) electrons. The second kappa shape index (κ2) is 10.6. The Bertz CT molecular complexity index is 1040. The second-order valence-corrected chi connectivity index (χ2v) is 7.27. The monoisotopic (exact) mass is 444 g/mol. The molecule has 2 aromatic carbocycles. The van der Waals surface area contributed by atoms with Crippen molar-refractivity contribution in [3.8, 4) is 23.0 Å². The van der Waals surface area contributed by atoms with Gasteiger partial charge in [0, 0.05) is 19.2 Å². The van der Waals surface area contributed by atoms with Gasteiger partial charge in [0.05, 0.1) is 32.8 Å². The summed E-state index contributed by atoms with van der Waals surface area (Å²) in [6.07, 6.45) is 0. The van der Waals surface area contributed by atoms with E-state index in [1.165, 1.54) is 18.9 Å². The van der Waals surface area contributed by atoms with Crippen LogP contribution in [0.15, 0.2) is 47.6 Å². The van der Waals surface area contributed by atoms with Crippen LogP contribution in [0.1, 0.15) is 5.82 Å². The number of thioether (sulfide) groups is 1. The molecule has 0 spiro atoms. The normalized spacial score (nSPS) is 10.5. The number of rotatable bonds is 10. The number of hydrogen-bond donors (Lipinski definition) is 1. The Hall–Kier alpha value is -3.40. The van der Waals surface area contributed by atoms with E-state index in [0.717, 1.165) is 0 Å². The van der Waals surface area contributed by atoms with Crippen LogP contribution in [0.25, 0.3) is 0 Å². The number of nitrogens with zero attached hydrogens (tertiary/aromatic N) is 3. The van der Waals surface area contributed by atoms with Gasteiger partial charge < -0.3 is 28.8 Å². The standard InChI is InChI=1S/C21H24N4O5S/c1-25-19(12-30-16-7-5-6-14(10-16)27-2)23-24-21(25)31-13-20(26)22-17-9-8-15(28-3)11-18(17)29-4/h5-11H,12-13H2,1-4H3,(H,22,26). The van der Waals surface area contributed by atoms with Gasteiger partial charge in [0.2, 0.25) is 5.91 Å². The van der Waals surface area contributed by atoms with E-state index in [1.54, 1.807) is 43.1 Å². The van der Waals surface area contributed by atoms with Crippen LogP contribution in [0.2, 0.25) is 0 Å². The molecule has 0 aliphatic carbocycles. The van der Waals surface area contributed by atoms with E-state index in [9.17, 15) is 4.79 Å². The maximum absolute atomic E-state index is 12.4. The number of methoxy groups -OCH3 is 3. The minimum absolute atomic E-state index is 0.165. The number of amides is 1. The van der Waals surface area contributed by atoms with Gasteiger partial charge in [0.1, 0.15) is 29.6 Å². The van der Waals surface area contributed by atoms with E-state index in [1.807, 2.05) is 25.2 Å². The summed E-state index contributed by atoms with van der Waals surface area (Å²) in [6, 6.07) is 12.5. The third kappa shape index (κ3) is 5.82. The van der Waals surface area contributed by atoms with Crippen molar-refractivity contribution in [2.75, 3.05) is 32.4 Å². The van der Waals surface area contributed by atoms with Crippen molar-refractivity contribution in [1.29, 1.82) is 0 Å². The number of carbonyl (C=O) groups excluding carboxylic acids is 1. The molecule has 3 rings (SSSR count). The molecule has 0 unspecified atom stereocenters. The Labute approximate surface area is 184 Å². The van der Waals surface area contributed by atoms with E-state index >= 15 is 0 Å². The predicted molar refractivity (Wildman–Crippen MR) is 117 cm³/mol. The molecule has 0 bridgehead atoms. The molecule has 164 valence electrons. The maximum atomic E-state index is 12.4. The average Bonchev–Trinajstić information content (AvgIpc) is 3.15. The molecule has 0 saturated heterocycles. The molecule has 31 heavy (non-hydrogen) atoms. The molecule has 0 aliphatic rings. The van der Waals surface area contributed by atoms with Crippen LogP contribution in [0.5, 0.6) is 23.0 Å². The van der Waals surface area contributed by atoms with Crippen molar-refractivity contribution in [2.24, 2.45) is 7.05 Å². The molecular formula is C21H24N4O5S. The van der Waals surface area contributed by atoms with E-state index in [2.05, 4.69) is 15.5 Å². The van der Waals surface area contributed by atoms with Crippen molar-refractivity contribution < 1.29 is 23.7 Å². The number of nitrogens with one attached hydrogen (secondary N) is 1. The summed E-state index contributed by atoms with van der Waals surface area (Å²) >= 11 is 1.28. The lowest BCUT2D eigenvalue weighted by Gasteiger charge is -2.11. The van der Waals surface area contributed by atoms with E-state index in [0.29, 0.717) is 39.7 Å². The Balaban J connectivity index is 1.55. The van der Waals surface area contributed by atoms with E-state index < -0.39 is 0 Å². The van der Waals surface area contributed by atoms with E-state index in [-0.39, 0.29) is 18.3 Å². The Kier molecular flexibility index (Phi) is 7.60. The second-order valence-electron chi connectivity index (χ2n) is 6.33. The highest BCUT2D eigenvalue weighted by Gasteiger charge is 2.14. The first kappa shape index (κ1) is 22.3. The number of ether oxygens (including phenoxy) is 4. The number of carbonyl (C=O) groups is 1. The lowest BCUT2D eigenvalue weighted by molar-refractivity contribution is -0.113. The van der Waals surface area contributed by atoms with Gasteiger partial charge in [-0.25, -0.2) is 0 Å². The van der Waals surface area contributed by atoms with E-state index in [4.69, 9.17) is 18.9 Å². The maximum Gasteiger partial charge on any atom is 0.234 e. The van der Waals surface area contributed by atoms with Crippen LogP contribution in [0.4, 0.5) is 5.69 Å². The molecule has 3 aromatic rings. The fourth-order valence-electron chi connectivity index (χ4n) is 2.65. The summed E-state index contributed by atoms with van der Waals surface area (Å²) in [5.41, 5.74) is 0.569. The number of hydrogen-bond acceptors (Lipinski definition) is 8. The summed E-state index contributed by atoms with van der Waals surface area (Å²) in [5.74, 6) is 3.17. The Morgan fingerprint density at radius 2 is 1.74 bits per heavy atom. The highest BCUT2D eigenvalue weighted by atomic mass is 32.2. The van der Waals surface area contributed by atoms with Gasteiger partial charge >= 0.3 is 0 Å². The molecule has 9 nitrogen and oxygen atoms in total. The van der Waals surface area contributed by atoms with Crippen molar-refractivity contribution in [1.82, 2.24) is 14.8 Å². The van der Waals surface area contributed by atoms with Crippen LogP contribution in [-0.2, 0) is 18.4 Å². The number of anilines is 1. The molecule has 10 heteroatoms. The first-order valence-electron chi connectivity index (χ1n) is 9.33. The molecule has 0 fully saturated rings. The summed E-state index contributed by atoms with van der Waals surface area (Å²) in [7, 11) is 6.54. The largest absolute Gasteiger partial charge is 0.497 e. The fraction of sp³-hybridized carbons (Fsp3) is 0.286. The van der Waals surface area contributed by atoms with Gasteiger partial charge in [-0.2, -0.15) is 0 Å². The SMILES string of the molecule is COc1cccc(OCc2nnc(SCC(=O)Nc3ccc(OC)cc3OC)n2C)c1. The van der Waals surface area contributed by atoms with Crippen LogP contribution < -0.4 is 24.3 Å². The van der Waals surface area contributed by atoms with Gasteiger partial charge in [-0.05, 0) is 24.3 Å². The lowest BCUT2D eigenvalue weighted by atomic mass is 10.2. The third-order valence-corrected chi connectivity index (χ3v) is 5.37. The zero-order chi connectivity index (χ0) is 22.2. The summed E-state index contributed by atoms with van der Waals surface area (Å²) < 4.78 is 23.2. The summed E-state index contributed by atoms with van der Waals surface area (Å²) in [4.78, 5) is 12.4. The van der Waals surface area contributed by atoms with Gasteiger partial charge in [0.25, 0.3) is 0 Å². The number of benzene rings is 2. The molecule has 1 amide bonds. The topological polar surface area (TPSA) is 96.7 Å². The molecule has 0 aliphatic heterocycles. The highest BCUT2D eigenvalue weighted by molar-refractivity contribution is 7.99. The van der Waals surface area contributed by atoms with Gasteiger partial charge in [0.15, 0.2) is 11.0 Å². The van der Waals surface area contributed by atoms with Crippen molar-refractivity contribution in [2.45, 2.75) is 11.8 Å². The third-order valence-electron chi connectivity index (χ3n) is 4.35.